The topological polar surface area (TPSA) is 53.1 Å². The van der Waals surface area contributed by atoms with Crippen LogP contribution in [-0.4, -0.2) is 16.7 Å². The minimum Gasteiger partial charge on any atom is -0.496 e. The predicted octanol–water partition coefficient (Wildman–Crippen LogP) is 2.54. The van der Waals surface area contributed by atoms with Gasteiger partial charge in [-0.25, -0.2) is 4.98 Å². The number of methoxy groups -OCH3 is 1. The molecule has 1 aromatic heterocycles. The Labute approximate surface area is 114 Å². The Morgan fingerprint density at radius 3 is 2.89 bits per heavy atom. The van der Waals surface area contributed by atoms with Gasteiger partial charge < -0.3 is 15.0 Å². The lowest BCUT2D eigenvalue weighted by molar-refractivity contribution is 0.405. The Hall–Kier alpha value is -1.81. The van der Waals surface area contributed by atoms with Gasteiger partial charge in [0.25, 0.3) is 0 Å². The van der Waals surface area contributed by atoms with Crippen molar-refractivity contribution in [2.24, 2.45) is 5.73 Å². The van der Waals surface area contributed by atoms with E-state index in [1.807, 2.05) is 36.7 Å². The number of ether oxygens (including phenoxy) is 1. The minimum atomic E-state index is -0.103. The first-order chi connectivity index (χ1) is 9.26. The molecule has 1 aromatic carbocycles. The van der Waals surface area contributed by atoms with Crippen LogP contribution in [0.2, 0.25) is 0 Å². The number of hydrogen-bond donors (Lipinski definition) is 1. The van der Waals surface area contributed by atoms with Crippen molar-refractivity contribution in [3.8, 4) is 5.75 Å². The van der Waals surface area contributed by atoms with Crippen LogP contribution in [0, 0.1) is 0 Å². The van der Waals surface area contributed by atoms with E-state index in [4.69, 9.17) is 10.5 Å². The number of imidazole rings is 1. The Kier molecular flexibility index (Phi) is 4.58. The van der Waals surface area contributed by atoms with Crippen molar-refractivity contribution in [3.05, 3.63) is 48.0 Å². The third-order valence-electron chi connectivity index (χ3n) is 3.21. The lowest BCUT2D eigenvalue weighted by Gasteiger charge is -2.16. The molecule has 0 bridgehead atoms. The van der Waals surface area contributed by atoms with E-state index < -0.39 is 0 Å². The quantitative estimate of drug-likeness (QED) is 0.867. The van der Waals surface area contributed by atoms with Gasteiger partial charge in [-0.3, -0.25) is 0 Å². The molecule has 0 saturated carbocycles. The smallest absolute Gasteiger partial charge is 0.123 e. The van der Waals surface area contributed by atoms with E-state index >= 15 is 0 Å². The molecule has 2 aromatic rings. The van der Waals surface area contributed by atoms with E-state index in [0.717, 1.165) is 30.1 Å². The maximum atomic E-state index is 6.29. The van der Waals surface area contributed by atoms with Gasteiger partial charge in [0, 0.05) is 37.0 Å². The van der Waals surface area contributed by atoms with Crippen LogP contribution in [-0.2, 0) is 13.0 Å². The summed E-state index contributed by atoms with van der Waals surface area (Å²) >= 11 is 0. The molecule has 0 fully saturated rings. The van der Waals surface area contributed by atoms with Crippen LogP contribution in [0.15, 0.2) is 36.7 Å². The molecule has 102 valence electrons. The number of aryl methyl sites for hydroxylation is 1. The largest absolute Gasteiger partial charge is 0.496 e. The Balaban J connectivity index is 2.16. The molecular weight excluding hydrogens is 238 g/mol. The lowest BCUT2D eigenvalue weighted by atomic mass is 10.0. The van der Waals surface area contributed by atoms with E-state index in [2.05, 4.69) is 16.5 Å². The first-order valence-corrected chi connectivity index (χ1v) is 6.64. The SMILES string of the molecule is CCCn1ccnc1CC(N)c1ccccc1OC. The Morgan fingerprint density at radius 2 is 2.16 bits per heavy atom. The van der Waals surface area contributed by atoms with Gasteiger partial charge in [0.1, 0.15) is 11.6 Å². The average molecular weight is 259 g/mol. The van der Waals surface area contributed by atoms with Crippen LogP contribution in [0.3, 0.4) is 0 Å². The summed E-state index contributed by atoms with van der Waals surface area (Å²) in [6, 6.07) is 7.78. The standard InChI is InChI=1S/C15H21N3O/c1-3-9-18-10-8-17-15(18)11-13(16)12-6-4-5-7-14(12)19-2/h4-8,10,13H,3,9,11,16H2,1-2H3. The van der Waals surface area contributed by atoms with Crippen LogP contribution in [0.1, 0.15) is 30.8 Å². The van der Waals surface area contributed by atoms with Crippen molar-refractivity contribution >= 4 is 0 Å². The Bertz CT molecular complexity index is 522. The zero-order valence-electron chi connectivity index (χ0n) is 11.5. The molecule has 0 saturated heterocycles. The summed E-state index contributed by atoms with van der Waals surface area (Å²) in [5, 5.41) is 0. The average Bonchev–Trinajstić information content (AvgIpc) is 2.86. The summed E-state index contributed by atoms with van der Waals surface area (Å²) in [6.45, 7) is 3.14. The molecule has 4 nitrogen and oxygen atoms in total. The second kappa shape index (κ2) is 6.38. The fourth-order valence-corrected chi connectivity index (χ4v) is 2.25. The summed E-state index contributed by atoms with van der Waals surface area (Å²) in [4.78, 5) is 4.40. The Morgan fingerprint density at radius 1 is 1.37 bits per heavy atom. The molecule has 0 aliphatic carbocycles. The third-order valence-corrected chi connectivity index (χ3v) is 3.21. The van der Waals surface area contributed by atoms with Gasteiger partial charge in [-0.05, 0) is 12.5 Å². The van der Waals surface area contributed by atoms with E-state index in [-0.39, 0.29) is 6.04 Å². The maximum Gasteiger partial charge on any atom is 0.123 e. The molecule has 2 rings (SSSR count). The van der Waals surface area contributed by atoms with Crippen LogP contribution in [0.25, 0.3) is 0 Å². The molecule has 1 atom stereocenters. The molecule has 1 heterocycles. The third kappa shape index (κ3) is 3.15. The van der Waals surface area contributed by atoms with Gasteiger partial charge in [0.05, 0.1) is 7.11 Å². The first-order valence-electron chi connectivity index (χ1n) is 6.64. The number of benzene rings is 1. The minimum absolute atomic E-state index is 0.103. The molecule has 0 aliphatic rings. The van der Waals surface area contributed by atoms with Crippen molar-refractivity contribution in [3.63, 3.8) is 0 Å². The van der Waals surface area contributed by atoms with Gasteiger partial charge in [-0.1, -0.05) is 25.1 Å². The zero-order chi connectivity index (χ0) is 13.7. The summed E-state index contributed by atoms with van der Waals surface area (Å²) in [6.07, 6.45) is 5.65. The highest BCUT2D eigenvalue weighted by molar-refractivity contribution is 5.36. The number of para-hydroxylation sites is 1. The first kappa shape index (κ1) is 13.6. The van der Waals surface area contributed by atoms with Crippen molar-refractivity contribution in [1.82, 2.24) is 9.55 Å². The van der Waals surface area contributed by atoms with Gasteiger partial charge in [0.15, 0.2) is 0 Å². The predicted molar refractivity (Wildman–Crippen MR) is 76.1 cm³/mol. The van der Waals surface area contributed by atoms with E-state index in [1.165, 1.54) is 0 Å². The number of aromatic nitrogens is 2. The van der Waals surface area contributed by atoms with Gasteiger partial charge in [0.2, 0.25) is 0 Å². The number of rotatable bonds is 6. The van der Waals surface area contributed by atoms with Crippen LogP contribution >= 0.6 is 0 Å². The van der Waals surface area contributed by atoms with Crippen LogP contribution < -0.4 is 10.5 Å². The molecule has 0 spiro atoms. The second-order valence-electron chi connectivity index (χ2n) is 4.59. The number of nitrogens with two attached hydrogens (primary N) is 1. The number of nitrogens with zero attached hydrogens (tertiary/aromatic N) is 2. The van der Waals surface area contributed by atoms with Gasteiger partial charge >= 0.3 is 0 Å². The van der Waals surface area contributed by atoms with Crippen molar-refractivity contribution < 1.29 is 4.74 Å². The zero-order valence-corrected chi connectivity index (χ0v) is 11.5. The molecule has 1 unspecified atom stereocenters. The van der Waals surface area contributed by atoms with Crippen LogP contribution in [0.4, 0.5) is 0 Å². The maximum absolute atomic E-state index is 6.29. The summed E-state index contributed by atoms with van der Waals surface area (Å²) < 4.78 is 7.52. The number of hydrogen-bond acceptors (Lipinski definition) is 3. The highest BCUT2D eigenvalue weighted by atomic mass is 16.5. The van der Waals surface area contributed by atoms with E-state index in [1.54, 1.807) is 7.11 Å². The molecule has 19 heavy (non-hydrogen) atoms. The molecular formula is C15H21N3O. The van der Waals surface area contributed by atoms with E-state index in [9.17, 15) is 0 Å². The van der Waals surface area contributed by atoms with Gasteiger partial charge in [-0.2, -0.15) is 0 Å². The molecule has 0 amide bonds. The molecule has 0 aliphatic heterocycles. The normalized spacial score (nSPS) is 12.4. The fourth-order valence-electron chi connectivity index (χ4n) is 2.25. The molecule has 4 heteroatoms. The molecule has 0 radical (unpaired) electrons. The van der Waals surface area contributed by atoms with Crippen molar-refractivity contribution in [2.45, 2.75) is 32.4 Å². The highest BCUT2D eigenvalue weighted by Gasteiger charge is 2.14. The van der Waals surface area contributed by atoms with E-state index in [0.29, 0.717) is 6.42 Å². The summed E-state index contributed by atoms with van der Waals surface area (Å²) in [7, 11) is 1.67. The second-order valence-corrected chi connectivity index (χ2v) is 4.59. The monoisotopic (exact) mass is 259 g/mol. The van der Waals surface area contributed by atoms with Gasteiger partial charge in [-0.15, -0.1) is 0 Å². The molecule has 2 N–H and O–H groups in total. The fraction of sp³-hybridized carbons (Fsp3) is 0.400. The highest BCUT2D eigenvalue weighted by Crippen LogP contribution is 2.25. The summed E-state index contributed by atoms with van der Waals surface area (Å²) in [5.74, 6) is 1.86. The van der Waals surface area contributed by atoms with Crippen molar-refractivity contribution in [1.29, 1.82) is 0 Å². The van der Waals surface area contributed by atoms with Crippen LogP contribution in [0.5, 0.6) is 5.75 Å². The lowest BCUT2D eigenvalue weighted by Crippen LogP contribution is -2.17. The summed E-state index contributed by atoms with van der Waals surface area (Å²) in [5.41, 5.74) is 7.32. The van der Waals surface area contributed by atoms with Crippen molar-refractivity contribution in [2.75, 3.05) is 7.11 Å².